The van der Waals surface area contributed by atoms with Crippen LogP contribution >= 0.6 is 43.6 Å². The fourth-order valence-corrected chi connectivity index (χ4v) is 4.20. The van der Waals surface area contributed by atoms with E-state index in [1.54, 1.807) is 0 Å². The average Bonchev–Trinajstić information content (AvgIpc) is 2.69. The number of anilines is 1. The standard InChI is InChI=1S/C10H12Br2N2S/c1-14(8-2-3-15-6-8)10-9(12)4-7(11)5-13-10/h4-5,8H,2-3,6H2,1H3. The first-order valence-corrected chi connectivity index (χ1v) is 7.54. The van der Waals surface area contributed by atoms with Gasteiger partial charge in [-0.15, -0.1) is 0 Å². The molecule has 5 heteroatoms. The van der Waals surface area contributed by atoms with Crippen molar-refractivity contribution in [1.82, 2.24) is 4.98 Å². The molecule has 2 nitrogen and oxygen atoms in total. The second-order valence-electron chi connectivity index (χ2n) is 3.59. The highest BCUT2D eigenvalue weighted by Crippen LogP contribution is 2.30. The number of hydrogen-bond donors (Lipinski definition) is 0. The normalized spacial score (nSPS) is 20.6. The molecule has 1 fully saturated rings. The first-order valence-electron chi connectivity index (χ1n) is 4.80. The van der Waals surface area contributed by atoms with Crippen LogP contribution in [0.2, 0.25) is 0 Å². The topological polar surface area (TPSA) is 16.1 Å². The van der Waals surface area contributed by atoms with E-state index in [1.165, 1.54) is 17.9 Å². The Hall–Kier alpha value is 0.260. The van der Waals surface area contributed by atoms with Crippen molar-refractivity contribution >= 4 is 49.4 Å². The van der Waals surface area contributed by atoms with Crippen LogP contribution in [-0.2, 0) is 0 Å². The Morgan fingerprint density at radius 3 is 2.93 bits per heavy atom. The summed E-state index contributed by atoms with van der Waals surface area (Å²) >= 11 is 8.99. The first kappa shape index (κ1) is 11.7. The smallest absolute Gasteiger partial charge is 0.142 e. The van der Waals surface area contributed by atoms with Gasteiger partial charge in [-0.3, -0.25) is 0 Å². The Morgan fingerprint density at radius 1 is 1.53 bits per heavy atom. The van der Waals surface area contributed by atoms with Crippen molar-refractivity contribution in [2.75, 3.05) is 23.5 Å². The summed E-state index contributed by atoms with van der Waals surface area (Å²) in [5.41, 5.74) is 0. The molecule has 0 aliphatic carbocycles. The molecular weight excluding hydrogens is 340 g/mol. The van der Waals surface area contributed by atoms with Gasteiger partial charge < -0.3 is 4.90 Å². The van der Waals surface area contributed by atoms with E-state index < -0.39 is 0 Å². The van der Waals surface area contributed by atoms with E-state index in [-0.39, 0.29) is 0 Å². The van der Waals surface area contributed by atoms with Crippen molar-refractivity contribution in [3.05, 3.63) is 21.2 Å². The van der Waals surface area contributed by atoms with Crippen molar-refractivity contribution in [2.45, 2.75) is 12.5 Å². The number of hydrogen-bond acceptors (Lipinski definition) is 3. The van der Waals surface area contributed by atoms with Gasteiger partial charge in [0.05, 0.1) is 4.47 Å². The van der Waals surface area contributed by atoms with E-state index in [0.717, 1.165) is 14.8 Å². The molecule has 1 atom stereocenters. The summed E-state index contributed by atoms with van der Waals surface area (Å²) in [5.74, 6) is 3.51. The van der Waals surface area contributed by atoms with E-state index >= 15 is 0 Å². The van der Waals surface area contributed by atoms with Crippen LogP contribution in [0.1, 0.15) is 6.42 Å². The number of thioether (sulfide) groups is 1. The monoisotopic (exact) mass is 350 g/mol. The van der Waals surface area contributed by atoms with Gasteiger partial charge in [-0.25, -0.2) is 4.98 Å². The molecule has 1 aliphatic rings. The van der Waals surface area contributed by atoms with Gasteiger partial charge in [0, 0.05) is 29.5 Å². The molecule has 15 heavy (non-hydrogen) atoms. The fraction of sp³-hybridized carbons (Fsp3) is 0.500. The minimum Gasteiger partial charge on any atom is -0.355 e. The lowest BCUT2D eigenvalue weighted by Gasteiger charge is -2.25. The number of rotatable bonds is 2. The maximum Gasteiger partial charge on any atom is 0.142 e. The second kappa shape index (κ2) is 5.06. The maximum atomic E-state index is 4.45. The Kier molecular flexibility index (Phi) is 3.96. The lowest BCUT2D eigenvalue weighted by Crippen LogP contribution is -2.32. The molecule has 0 spiro atoms. The Labute approximate surface area is 111 Å². The molecule has 2 heterocycles. The number of pyridine rings is 1. The molecule has 0 saturated carbocycles. The van der Waals surface area contributed by atoms with E-state index in [9.17, 15) is 0 Å². The molecule has 0 N–H and O–H groups in total. The molecule has 2 rings (SSSR count). The first-order chi connectivity index (χ1) is 7.18. The summed E-state index contributed by atoms with van der Waals surface area (Å²) < 4.78 is 2.06. The van der Waals surface area contributed by atoms with Gasteiger partial charge in [0.25, 0.3) is 0 Å². The van der Waals surface area contributed by atoms with Crippen LogP contribution in [-0.4, -0.2) is 29.6 Å². The van der Waals surface area contributed by atoms with Crippen molar-refractivity contribution in [2.24, 2.45) is 0 Å². The highest BCUT2D eigenvalue weighted by molar-refractivity contribution is 9.11. The number of nitrogens with zero attached hydrogens (tertiary/aromatic N) is 2. The quantitative estimate of drug-likeness (QED) is 0.810. The molecule has 0 aromatic carbocycles. The van der Waals surface area contributed by atoms with Gasteiger partial charge in [0.2, 0.25) is 0 Å². The molecule has 0 bridgehead atoms. The molecule has 0 radical (unpaired) electrons. The van der Waals surface area contributed by atoms with Gasteiger partial charge in [-0.1, -0.05) is 0 Å². The van der Waals surface area contributed by atoms with E-state index in [1.807, 2.05) is 24.0 Å². The van der Waals surface area contributed by atoms with Crippen LogP contribution in [0.25, 0.3) is 0 Å². The largest absolute Gasteiger partial charge is 0.355 e. The molecule has 0 amide bonds. The Bertz CT molecular complexity index is 353. The summed E-state index contributed by atoms with van der Waals surface area (Å²) in [6, 6.07) is 2.67. The third-order valence-corrected chi connectivity index (χ3v) is 4.74. The van der Waals surface area contributed by atoms with Crippen molar-refractivity contribution in [3.63, 3.8) is 0 Å². The third-order valence-electron chi connectivity index (χ3n) is 2.58. The van der Waals surface area contributed by atoms with E-state index in [2.05, 4.69) is 48.8 Å². The van der Waals surface area contributed by atoms with Crippen LogP contribution in [0.15, 0.2) is 21.2 Å². The van der Waals surface area contributed by atoms with Crippen molar-refractivity contribution in [3.8, 4) is 0 Å². The zero-order valence-corrected chi connectivity index (χ0v) is 12.4. The maximum absolute atomic E-state index is 4.45. The SMILES string of the molecule is CN(c1ncc(Br)cc1Br)C1CCSC1. The van der Waals surface area contributed by atoms with Gasteiger partial charge in [-0.2, -0.15) is 11.8 Å². The zero-order chi connectivity index (χ0) is 10.8. The number of aromatic nitrogens is 1. The predicted octanol–water partition coefficient (Wildman–Crippen LogP) is 3.55. The lowest BCUT2D eigenvalue weighted by atomic mass is 10.2. The summed E-state index contributed by atoms with van der Waals surface area (Å²) in [6.45, 7) is 0. The van der Waals surface area contributed by atoms with E-state index in [0.29, 0.717) is 6.04 Å². The summed E-state index contributed by atoms with van der Waals surface area (Å²) in [6.07, 6.45) is 3.10. The van der Waals surface area contributed by atoms with Gasteiger partial charge in [0.1, 0.15) is 5.82 Å². The summed E-state index contributed by atoms with van der Waals surface area (Å²) in [5, 5.41) is 0. The van der Waals surface area contributed by atoms with Crippen LogP contribution in [0, 0.1) is 0 Å². The minimum absolute atomic E-state index is 0.625. The third kappa shape index (κ3) is 2.68. The highest BCUT2D eigenvalue weighted by atomic mass is 79.9. The molecule has 1 unspecified atom stereocenters. The Balaban J connectivity index is 2.20. The molecule has 1 saturated heterocycles. The van der Waals surface area contributed by atoms with Crippen molar-refractivity contribution in [1.29, 1.82) is 0 Å². The molecule has 1 aromatic rings. The Morgan fingerprint density at radius 2 is 2.33 bits per heavy atom. The average molecular weight is 352 g/mol. The molecule has 1 aliphatic heterocycles. The van der Waals surface area contributed by atoms with E-state index in [4.69, 9.17) is 0 Å². The summed E-state index contributed by atoms with van der Waals surface area (Å²) in [4.78, 5) is 6.72. The van der Waals surface area contributed by atoms with Crippen LogP contribution in [0.5, 0.6) is 0 Å². The fourth-order valence-electron chi connectivity index (χ4n) is 1.67. The highest BCUT2D eigenvalue weighted by Gasteiger charge is 2.22. The van der Waals surface area contributed by atoms with Gasteiger partial charge in [0.15, 0.2) is 0 Å². The van der Waals surface area contributed by atoms with Crippen LogP contribution in [0.4, 0.5) is 5.82 Å². The lowest BCUT2D eigenvalue weighted by molar-refractivity contribution is 0.690. The molecular formula is C10H12Br2N2S. The van der Waals surface area contributed by atoms with Crippen molar-refractivity contribution < 1.29 is 0 Å². The van der Waals surface area contributed by atoms with Gasteiger partial charge in [-0.05, 0) is 50.1 Å². The second-order valence-corrected chi connectivity index (χ2v) is 6.51. The van der Waals surface area contributed by atoms with Gasteiger partial charge >= 0.3 is 0 Å². The van der Waals surface area contributed by atoms with Crippen LogP contribution < -0.4 is 4.90 Å². The molecule has 82 valence electrons. The summed E-state index contributed by atoms with van der Waals surface area (Å²) in [7, 11) is 2.12. The number of halogens is 2. The molecule has 1 aromatic heterocycles. The zero-order valence-electron chi connectivity index (χ0n) is 8.41. The minimum atomic E-state index is 0.625. The van der Waals surface area contributed by atoms with Crippen LogP contribution in [0.3, 0.4) is 0 Å². The predicted molar refractivity (Wildman–Crippen MR) is 73.8 cm³/mol.